The summed E-state index contributed by atoms with van der Waals surface area (Å²) in [6.07, 6.45) is 3.80. The number of hydrogen-bond donors (Lipinski definition) is 2. The highest BCUT2D eigenvalue weighted by Crippen LogP contribution is 2.14. The summed E-state index contributed by atoms with van der Waals surface area (Å²) in [6.45, 7) is 4.11. The van der Waals surface area contributed by atoms with Gasteiger partial charge in [0, 0.05) is 17.5 Å². The van der Waals surface area contributed by atoms with Crippen LogP contribution in [0.4, 0.5) is 5.82 Å². The molecule has 1 unspecified atom stereocenters. The summed E-state index contributed by atoms with van der Waals surface area (Å²) in [4.78, 5) is 15.5. The minimum atomic E-state index is -0.907. The minimum absolute atomic E-state index is 0.269. The number of hydrogen-bond acceptors (Lipinski definition) is 4. The Morgan fingerprint density at radius 3 is 2.83 bits per heavy atom. The molecule has 0 aromatic carbocycles. The number of carboxylic acid groups (broad SMARTS) is 1. The van der Waals surface area contributed by atoms with Gasteiger partial charge in [-0.2, -0.15) is 11.8 Å². The van der Waals surface area contributed by atoms with Gasteiger partial charge in [0.1, 0.15) is 5.82 Å². The van der Waals surface area contributed by atoms with Crippen LogP contribution in [-0.4, -0.2) is 34.1 Å². The maximum absolute atomic E-state index is 11.1. The molecule has 0 aliphatic rings. The smallest absolute Gasteiger partial charge is 0.335 e. The second-order valence-electron chi connectivity index (χ2n) is 4.29. The van der Waals surface area contributed by atoms with Crippen LogP contribution in [0.5, 0.6) is 0 Å². The first kappa shape index (κ1) is 14.8. The van der Waals surface area contributed by atoms with Crippen LogP contribution >= 0.6 is 11.8 Å². The topological polar surface area (TPSA) is 62.2 Å². The number of nitrogens with one attached hydrogen (secondary N) is 1. The van der Waals surface area contributed by atoms with Crippen molar-refractivity contribution >= 4 is 23.5 Å². The molecule has 1 rings (SSSR count). The first-order chi connectivity index (χ1) is 8.56. The highest BCUT2D eigenvalue weighted by molar-refractivity contribution is 7.98. The highest BCUT2D eigenvalue weighted by Gasteiger charge is 2.09. The highest BCUT2D eigenvalue weighted by atomic mass is 32.2. The lowest BCUT2D eigenvalue weighted by Gasteiger charge is -2.14. The molecule has 4 nitrogen and oxygen atoms in total. The van der Waals surface area contributed by atoms with Crippen LogP contribution in [0.15, 0.2) is 12.1 Å². The zero-order valence-corrected chi connectivity index (χ0v) is 11.9. The molecule has 1 atom stereocenters. The first-order valence-corrected chi connectivity index (χ1v) is 7.46. The number of carboxylic acids is 1. The molecule has 1 aromatic rings. The van der Waals surface area contributed by atoms with Crippen molar-refractivity contribution in [3.63, 3.8) is 0 Å². The molecule has 0 amide bonds. The van der Waals surface area contributed by atoms with Gasteiger partial charge in [0.2, 0.25) is 0 Å². The third-order valence-electron chi connectivity index (χ3n) is 2.44. The van der Waals surface area contributed by atoms with E-state index < -0.39 is 5.97 Å². The van der Waals surface area contributed by atoms with Crippen molar-refractivity contribution in [3.8, 4) is 0 Å². The Hall–Kier alpha value is -1.23. The average Bonchev–Trinajstić information content (AvgIpc) is 2.29. The molecular weight excluding hydrogens is 248 g/mol. The van der Waals surface area contributed by atoms with Crippen LogP contribution in [0.25, 0.3) is 0 Å². The fraction of sp³-hybridized carbons (Fsp3) is 0.538. The number of aromatic nitrogens is 1. The second-order valence-corrected chi connectivity index (χ2v) is 5.20. The summed E-state index contributed by atoms with van der Waals surface area (Å²) in [5, 5.41) is 12.3. The Kier molecular flexibility index (Phi) is 5.98. The van der Waals surface area contributed by atoms with Crippen molar-refractivity contribution in [2.75, 3.05) is 17.3 Å². The molecule has 1 heterocycles. The van der Waals surface area contributed by atoms with Crippen LogP contribution in [-0.2, 0) is 6.42 Å². The van der Waals surface area contributed by atoms with Gasteiger partial charge < -0.3 is 10.4 Å². The molecule has 1 aromatic heterocycles. The third kappa shape index (κ3) is 4.56. The fourth-order valence-electron chi connectivity index (χ4n) is 1.71. The van der Waals surface area contributed by atoms with E-state index in [2.05, 4.69) is 24.1 Å². The molecular formula is C13H20N2O2S. The third-order valence-corrected chi connectivity index (χ3v) is 3.28. The van der Waals surface area contributed by atoms with E-state index in [0.29, 0.717) is 11.4 Å². The molecule has 0 saturated heterocycles. The lowest BCUT2D eigenvalue weighted by Crippen LogP contribution is -2.19. The fourth-order valence-corrected chi connectivity index (χ4v) is 2.30. The van der Waals surface area contributed by atoms with Crippen molar-refractivity contribution in [1.82, 2.24) is 4.98 Å². The number of rotatable bonds is 7. The molecule has 0 saturated carbocycles. The van der Waals surface area contributed by atoms with Crippen LogP contribution < -0.4 is 5.32 Å². The Labute approximate surface area is 112 Å². The van der Waals surface area contributed by atoms with Crippen molar-refractivity contribution in [3.05, 3.63) is 23.4 Å². The van der Waals surface area contributed by atoms with Gasteiger partial charge in [-0.25, -0.2) is 9.78 Å². The van der Waals surface area contributed by atoms with E-state index in [1.165, 1.54) is 0 Å². The number of anilines is 1. The van der Waals surface area contributed by atoms with Crippen molar-refractivity contribution in [2.45, 2.75) is 32.7 Å². The van der Waals surface area contributed by atoms with Gasteiger partial charge in [-0.1, -0.05) is 13.3 Å². The zero-order chi connectivity index (χ0) is 13.5. The second kappa shape index (κ2) is 7.26. The van der Waals surface area contributed by atoms with Crippen LogP contribution in [0.1, 0.15) is 36.3 Å². The van der Waals surface area contributed by atoms with Crippen LogP contribution in [0.3, 0.4) is 0 Å². The molecule has 5 heteroatoms. The summed E-state index contributed by atoms with van der Waals surface area (Å²) >= 11 is 1.75. The molecule has 2 N–H and O–H groups in total. The monoisotopic (exact) mass is 268 g/mol. The van der Waals surface area contributed by atoms with E-state index in [1.54, 1.807) is 23.9 Å². The zero-order valence-electron chi connectivity index (χ0n) is 11.1. The quantitative estimate of drug-likeness (QED) is 0.796. The van der Waals surface area contributed by atoms with E-state index >= 15 is 0 Å². The van der Waals surface area contributed by atoms with Gasteiger partial charge in [0.05, 0.1) is 5.56 Å². The van der Waals surface area contributed by atoms with E-state index in [-0.39, 0.29) is 6.04 Å². The number of pyridine rings is 1. The Morgan fingerprint density at radius 1 is 1.56 bits per heavy atom. The average molecular weight is 268 g/mol. The lowest BCUT2D eigenvalue weighted by atomic mass is 10.1. The van der Waals surface area contributed by atoms with Crippen molar-refractivity contribution < 1.29 is 9.90 Å². The molecule has 0 fully saturated rings. The van der Waals surface area contributed by atoms with E-state index in [0.717, 1.165) is 24.3 Å². The van der Waals surface area contributed by atoms with Gasteiger partial charge in [0.15, 0.2) is 0 Å². The SMILES string of the molecule is CCCc1cc(C(=O)O)cc(NC(C)CSC)n1. The van der Waals surface area contributed by atoms with E-state index in [9.17, 15) is 4.79 Å². The number of aryl methyl sites for hydroxylation is 1. The van der Waals surface area contributed by atoms with Crippen LogP contribution in [0.2, 0.25) is 0 Å². The number of carbonyl (C=O) groups is 1. The molecule has 0 aliphatic carbocycles. The molecule has 100 valence electrons. The van der Waals surface area contributed by atoms with Gasteiger partial charge in [-0.3, -0.25) is 0 Å². The molecule has 0 aliphatic heterocycles. The van der Waals surface area contributed by atoms with Gasteiger partial charge in [0.25, 0.3) is 0 Å². The Balaban J connectivity index is 2.91. The lowest BCUT2D eigenvalue weighted by molar-refractivity contribution is 0.0696. The summed E-state index contributed by atoms with van der Waals surface area (Å²) in [5.41, 5.74) is 1.13. The first-order valence-electron chi connectivity index (χ1n) is 6.06. The van der Waals surface area contributed by atoms with Gasteiger partial charge in [-0.15, -0.1) is 0 Å². The molecule has 0 bridgehead atoms. The van der Waals surface area contributed by atoms with Crippen molar-refractivity contribution in [1.29, 1.82) is 0 Å². The minimum Gasteiger partial charge on any atom is -0.478 e. The summed E-state index contributed by atoms with van der Waals surface area (Å²) < 4.78 is 0. The standard InChI is InChI=1S/C13H20N2O2S/c1-4-5-11-6-10(13(16)17)7-12(15-11)14-9(2)8-18-3/h6-7,9H,4-5,8H2,1-3H3,(H,14,15)(H,16,17). The van der Waals surface area contributed by atoms with E-state index in [4.69, 9.17) is 5.11 Å². The number of aromatic carboxylic acids is 1. The number of nitrogens with zero attached hydrogens (tertiary/aromatic N) is 1. The summed E-state index contributed by atoms with van der Waals surface area (Å²) in [7, 11) is 0. The maximum atomic E-state index is 11.1. The number of thioether (sulfide) groups is 1. The van der Waals surface area contributed by atoms with Crippen molar-refractivity contribution in [2.24, 2.45) is 0 Å². The van der Waals surface area contributed by atoms with Crippen LogP contribution in [0, 0.1) is 0 Å². The largest absolute Gasteiger partial charge is 0.478 e. The van der Waals surface area contributed by atoms with Gasteiger partial charge in [-0.05, 0) is 31.7 Å². The molecule has 0 spiro atoms. The van der Waals surface area contributed by atoms with E-state index in [1.807, 2.05) is 6.26 Å². The van der Waals surface area contributed by atoms with Gasteiger partial charge >= 0.3 is 5.97 Å². The summed E-state index contributed by atoms with van der Waals surface area (Å²) in [5.74, 6) is 0.706. The predicted molar refractivity (Wildman–Crippen MR) is 76.7 cm³/mol. The molecule has 0 radical (unpaired) electrons. The Morgan fingerprint density at radius 2 is 2.28 bits per heavy atom. The Bertz CT molecular complexity index is 410. The maximum Gasteiger partial charge on any atom is 0.335 e. The normalized spacial score (nSPS) is 12.2. The summed E-state index contributed by atoms with van der Waals surface area (Å²) in [6, 6.07) is 3.51. The molecule has 18 heavy (non-hydrogen) atoms. The predicted octanol–water partition coefficient (Wildman–Crippen LogP) is 2.90.